The molecule has 1 aromatic carbocycles. The lowest BCUT2D eigenvalue weighted by atomic mass is 10.2. The summed E-state index contributed by atoms with van der Waals surface area (Å²) in [4.78, 5) is 11.0. The third-order valence-corrected chi connectivity index (χ3v) is 2.20. The van der Waals surface area contributed by atoms with Gasteiger partial charge in [0.1, 0.15) is 0 Å². The van der Waals surface area contributed by atoms with E-state index in [0.717, 1.165) is 10.9 Å². The van der Waals surface area contributed by atoms with Crippen LogP contribution in [0, 0.1) is 6.92 Å². The maximum absolute atomic E-state index is 11.0. The van der Waals surface area contributed by atoms with Gasteiger partial charge in [-0.2, -0.15) is 0 Å². The molecule has 0 spiro atoms. The molecule has 0 atom stereocenters. The van der Waals surface area contributed by atoms with Crippen molar-refractivity contribution in [1.82, 2.24) is 4.57 Å². The first-order valence-corrected chi connectivity index (χ1v) is 4.04. The van der Waals surface area contributed by atoms with Gasteiger partial charge in [-0.1, -0.05) is 18.2 Å². The van der Waals surface area contributed by atoms with Crippen LogP contribution in [0.1, 0.15) is 10.5 Å². The Morgan fingerprint density at radius 1 is 1.38 bits per heavy atom. The van der Waals surface area contributed by atoms with Crippen molar-refractivity contribution < 1.29 is 4.79 Å². The highest BCUT2D eigenvalue weighted by Crippen LogP contribution is 2.18. The molecule has 2 rings (SSSR count). The zero-order chi connectivity index (χ0) is 9.42. The highest BCUT2D eigenvalue weighted by molar-refractivity contribution is 6.02. The fourth-order valence-corrected chi connectivity index (χ4v) is 1.53. The van der Waals surface area contributed by atoms with E-state index in [1.54, 1.807) is 10.6 Å². The van der Waals surface area contributed by atoms with Crippen LogP contribution in [-0.4, -0.2) is 10.4 Å². The van der Waals surface area contributed by atoms with Gasteiger partial charge in [-0.05, 0) is 12.1 Å². The lowest BCUT2D eigenvalue weighted by Crippen LogP contribution is -2.00. The van der Waals surface area contributed by atoms with Crippen LogP contribution in [0.2, 0.25) is 0 Å². The third kappa shape index (κ3) is 1.15. The molecule has 0 fully saturated rings. The molecule has 0 unspecified atom stereocenters. The molecule has 2 aromatic rings. The Kier molecular flexibility index (Phi) is 1.69. The Balaban J connectivity index is 2.81. The SMILES string of the molecule is [CH]C(=O)c1cc2ccccc2n1C. The predicted octanol–water partition coefficient (Wildman–Crippen LogP) is 2.07. The van der Waals surface area contributed by atoms with E-state index in [9.17, 15) is 4.79 Å². The van der Waals surface area contributed by atoms with E-state index in [2.05, 4.69) is 0 Å². The second kappa shape index (κ2) is 2.73. The predicted molar refractivity (Wildman–Crippen MR) is 51.5 cm³/mol. The zero-order valence-corrected chi connectivity index (χ0v) is 7.32. The largest absolute Gasteiger partial charge is 0.341 e. The van der Waals surface area contributed by atoms with Gasteiger partial charge in [0.2, 0.25) is 0 Å². The molecule has 2 radical (unpaired) electrons. The van der Waals surface area contributed by atoms with E-state index in [4.69, 9.17) is 6.92 Å². The number of nitrogens with zero attached hydrogens (tertiary/aromatic N) is 1. The van der Waals surface area contributed by atoms with E-state index >= 15 is 0 Å². The summed E-state index contributed by atoms with van der Waals surface area (Å²) in [5.41, 5.74) is 1.57. The molecule has 0 aliphatic heterocycles. The molecule has 1 heterocycles. The Bertz CT molecular complexity index is 468. The first-order chi connectivity index (χ1) is 6.20. The first-order valence-electron chi connectivity index (χ1n) is 4.04. The number of Topliss-reactive ketones (excluding diaryl/α,β-unsaturated/α-hetero) is 1. The quantitative estimate of drug-likeness (QED) is 0.602. The number of benzene rings is 1. The van der Waals surface area contributed by atoms with Gasteiger partial charge in [0, 0.05) is 24.9 Å². The van der Waals surface area contributed by atoms with Crippen molar-refractivity contribution in [2.45, 2.75) is 0 Å². The van der Waals surface area contributed by atoms with Gasteiger partial charge in [-0.3, -0.25) is 4.79 Å². The molecule has 1 aromatic heterocycles. The molecule has 13 heavy (non-hydrogen) atoms. The fraction of sp³-hybridized carbons (Fsp3) is 0.0909. The van der Waals surface area contributed by atoms with E-state index in [1.807, 2.05) is 31.3 Å². The number of carbonyl (C=O) groups is 1. The van der Waals surface area contributed by atoms with Crippen LogP contribution in [0.5, 0.6) is 0 Å². The van der Waals surface area contributed by atoms with E-state index < -0.39 is 5.78 Å². The van der Waals surface area contributed by atoms with Gasteiger partial charge >= 0.3 is 0 Å². The van der Waals surface area contributed by atoms with Crippen LogP contribution in [0.25, 0.3) is 10.9 Å². The van der Waals surface area contributed by atoms with Crippen molar-refractivity contribution in [3.63, 3.8) is 0 Å². The van der Waals surface area contributed by atoms with Gasteiger partial charge < -0.3 is 4.57 Å². The smallest absolute Gasteiger partial charge is 0.183 e. The molecule has 2 nitrogen and oxygen atoms in total. The number of hydrogen-bond acceptors (Lipinski definition) is 1. The molecule has 0 saturated carbocycles. The Morgan fingerprint density at radius 3 is 2.69 bits per heavy atom. The Hall–Kier alpha value is -1.57. The molecule has 0 N–H and O–H groups in total. The van der Waals surface area contributed by atoms with E-state index in [-0.39, 0.29) is 0 Å². The number of hydrogen-bond donors (Lipinski definition) is 0. The molecule has 0 saturated heterocycles. The van der Waals surface area contributed by atoms with Crippen LogP contribution in [-0.2, 0) is 7.05 Å². The van der Waals surface area contributed by atoms with E-state index in [0.29, 0.717) is 5.69 Å². The minimum Gasteiger partial charge on any atom is -0.341 e. The summed E-state index contributed by atoms with van der Waals surface area (Å²) in [5.74, 6) is -0.390. The molecular weight excluding hydrogens is 162 g/mol. The maximum Gasteiger partial charge on any atom is 0.183 e. The highest BCUT2D eigenvalue weighted by Gasteiger charge is 2.07. The van der Waals surface area contributed by atoms with Gasteiger partial charge in [0.25, 0.3) is 0 Å². The summed E-state index contributed by atoms with van der Waals surface area (Å²) < 4.78 is 1.80. The topological polar surface area (TPSA) is 22.0 Å². The van der Waals surface area contributed by atoms with Gasteiger partial charge in [-0.15, -0.1) is 0 Å². The monoisotopic (exact) mass is 171 g/mol. The summed E-state index contributed by atoms with van der Waals surface area (Å²) in [5, 5.41) is 1.04. The average Bonchev–Trinajstić information content (AvgIpc) is 2.45. The minimum absolute atomic E-state index is 0.390. The first kappa shape index (κ1) is 8.05. The summed E-state index contributed by atoms with van der Waals surface area (Å²) in [7, 11) is 1.84. The van der Waals surface area contributed by atoms with Crippen LogP contribution >= 0.6 is 0 Å². The highest BCUT2D eigenvalue weighted by atomic mass is 16.1. The number of fused-ring (bicyclic) bond motifs is 1. The number of ketones is 1. The molecular formula is C11H9NO. The van der Waals surface area contributed by atoms with Crippen molar-refractivity contribution in [2.24, 2.45) is 7.05 Å². The minimum atomic E-state index is -0.390. The number of carbonyl (C=O) groups excluding carboxylic acids is 1. The summed E-state index contributed by atoms with van der Waals surface area (Å²) >= 11 is 0. The molecule has 0 aliphatic rings. The van der Waals surface area contributed by atoms with Gasteiger partial charge in [0.05, 0.1) is 5.69 Å². The number of aromatic nitrogens is 1. The summed E-state index contributed by atoms with van der Waals surface area (Å²) in [6, 6.07) is 9.60. The second-order valence-corrected chi connectivity index (χ2v) is 3.01. The number of aryl methyl sites for hydroxylation is 1. The zero-order valence-electron chi connectivity index (χ0n) is 7.32. The Labute approximate surface area is 76.8 Å². The van der Waals surface area contributed by atoms with Crippen LogP contribution in [0.3, 0.4) is 0 Å². The lowest BCUT2D eigenvalue weighted by molar-refractivity contribution is 0.103. The normalized spacial score (nSPS) is 10.6. The maximum atomic E-state index is 11.0. The van der Waals surface area contributed by atoms with Crippen molar-refractivity contribution >= 4 is 16.7 Å². The molecule has 0 bridgehead atoms. The third-order valence-electron chi connectivity index (χ3n) is 2.20. The van der Waals surface area contributed by atoms with Crippen LogP contribution < -0.4 is 0 Å². The average molecular weight is 171 g/mol. The molecule has 2 heteroatoms. The summed E-state index contributed by atoms with van der Waals surface area (Å²) in [6.07, 6.45) is 0. The van der Waals surface area contributed by atoms with Crippen LogP contribution in [0.4, 0.5) is 0 Å². The van der Waals surface area contributed by atoms with E-state index in [1.165, 1.54) is 0 Å². The molecule has 64 valence electrons. The summed E-state index contributed by atoms with van der Waals surface area (Å²) in [6.45, 7) is 5.22. The van der Waals surface area contributed by atoms with Crippen molar-refractivity contribution in [3.05, 3.63) is 42.9 Å². The lowest BCUT2D eigenvalue weighted by Gasteiger charge is -1.98. The molecule has 0 amide bonds. The van der Waals surface area contributed by atoms with Crippen LogP contribution in [0.15, 0.2) is 30.3 Å². The molecule has 0 aliphatic carbocycles. The Morgan fingerprint density at radius 2 is 2.08 bits per heavy atom. The number of rotatable bonds is 1. The second-order valence-electron chi connectivity index (χ2n) is 3.01. The van der Waals surface area contributed by atoms with Gasteiger partial charge in [0.15, 0.2) is 5.78 Å². The van der Waals surface area contributed by atoms with Gasteiger partial charge in [-0.25, -0.2) is 0 Å². The van der Waals surface area contributed by atoms with Crippen molar-refractivity contribution in [3.8, 4) is 0 Å². The standard InChI is InChI=1S/C11H9NO/c1-8(13)11-7-9-5-3-4-6-10(9)12(11)2/h1,3-7H,2H3. The van der Waals surface area contributed by atoms with Crippen molar-refractivity contribution in [1.29, 1.82) is 0 Å². The number of para-hydroxylation sites is 1. The fourth-order valence-electron chi connectivity index (χ4n) is 1.53. The van der Waals surface area contributed by atoms with Crippen molar-refractivity contribution in [2.75, 3.05) is 0 Å².